The van der Waals surface area contributed by atoms with E-state index in [4.69, 9.17) is 0 Å². The molecule has 1 aliphatic rings. The van der Waals surface area contributed by atoms with Crippen molar-refractivity contribution >= 4 is 0 Å². The molecule has 0 aromatic heterocycles. The van der Waals surface area contributed by atoms with Crippen LogP contribution in [-0.4, -0.2) is 0 Å². The standard InChI is InChI=1S/C10H16/c1-8(2)7-10-6-4-5-9(10)3/h7,10H,3-6H2,1-2H3. The molecule has 0 aliphatic heterocycles. The van der Waals surface area contributed by atoms with Crippen molar-refractivity contribution in [1.29, 1.82) is 0 Å². The minimum absolute atomic E-state index is 0.699. The lowest BCUT2D eigenvalue weighted by molar-refractivity contribution is 0.760. The lowest BCUT2D eigenvalue weighted by Gasteiger charge is -2.04. The molecular formula is C10H16. The third kappa shape index (κ3) is 1.73. The van der Waals surface area contributed by atoms with E-state index in [1.54, 1.807) is 0 Å². The molecule has 0 bridgehead atoms. The molecule has 0 amide bonds. The number of hydrogen-bond donors (Lipinski definition) is 0. The van der Waals surface area contributed by atoms with E-state index >= 15 is 0 Å². The van der Waals surface area contributed by atoms with Crippen molar-refractivity contribution in [3.05, 3.63) is 23.8 Å². The van der Waals surface area contributed by atoms with Crippen molar-refractivity contribution < 1.29 is 0 Å². The normalized spacial score (nSPS) is 25.0. The summed E-state index contributed by atoms with van der Waals surface area (Å²) >= 11 is 0. The first-order chi connectivity index (χ1) is 4.70. The molecule has 1 atom stereocenters. The summed E-state index contributed by atoms with van der Waals surface area (Å²) < 4.78 is 0. The molecule has 1 saturated carbocycles. The van der Waals surface area contributed by atoms with Crippen LogP contribution in [0.25, 0.3) is 0 Å². The summed E-state index contributed by atoms with van der Waals surface area (Å²) in [6.07, 6.45) is 6.25. The first kappa shape index (κ1) is 7.59. The predicted octanol–water partition coefficient (Wildman–Crippen LogP) is 3.31. The van der Waals surface area contributed by atoms with Crippen LogP contribution in [-0.2, 0) is 0 Å². The summed E-state index contributed by atoms with van der Waals surface area (Å²) in [5.41, 5.74) is 2.86. The number of allylic oxidation sites excluding steroid dienone is 3. The van der Waals surface area contributed by atoms with Gasteiger partial charge in [-0.3, -0.25) is 0 Å². The molecular weight excluding hydrogens is 120 g/mol. The first-order valence-corrected chi connectivity index (χ1v) is 4.03. The molecule has 0 saturated heterocycles. The zero-order valence-corrected chi connectivity index (χ0v) is 6.98. The van der Waals surface area contributed by atoms with Gasteiger partial charge in [0.05, 0.1) is 0 Å². The highest BCUT2D eigenvalue weighted by Crippen LogP contribution is 2.30. The third-order valence-corrected chi connectivity index (χ3v) is 2.07. The molecule has 10 heavy (non-hydrogen) atoms. The fourth-order valence-corrected chi connectivity index (χ4v) is 1.54. The minimum atomic E-state index is 0.699. The Kier molecular flexibility index (Phi) is 2.31. The fraction of sp³-hybridized carbons (Fsp3) is 0.600. The average molecular weight is 136 g/mol. The van der Waals surface area contributed by atoms with Gasteiger partial charge in [-0.25, -0.2) is 0 Å². The van der Waals surface area contributed by atoms with Crippen molar-refractivity contribution in [2.24, 2.45) is 5.92 Å². The molecule has 0 heterocycles. The Bertz CT molecular complexity index is 159. The second kappa shape index (κ2) is 3.05. The lowest BCUT2D eigenvalue weighted by atomic mass is 10.0. The molecule has 1 unspecified atom stereocenters. The summed E-state index contributed by atoms with van der Waals surface area (Å²) in [5, 5.41) is 0. The minimum Gasteiger partial charge on any atom is -0.0993 e. The summed E-state index contributed by atoms with van der Waals surface area (Å²) in [7, 11) is 0. The van der Waals surface area contributed by atoms with E-state index in [0.29, 0.717) is 5.92 Å². The molecule has 0 N–H and O–H groups in total. The van der Waals surface area contributed by atoms with Crippen molar-refractivity contribution in [3.63, 3.8) is 0 Å². The molecule has 0 radical (unpaired) electrons. The van der Waals surface area contributed by atoms with Gasteiger partial charge in [-0.2, -0.15) is 0 Å². The predicted molar refractivity (Wildman–Crippen MR) is 45.9 cm³/mol. The maximum atomic E-state index is 4.04. The molecule has 0 heteroatoms. The summed E-state index contributed by atoms with van der Waals surface area (Å²) in [5.74, 6) is 0.699. The van der Waals surface area contributed by atoms with Gasteiger partial charge in [0.2, 0.25) is 0 Å². The van der Waals surface area contributed by atoms with Gasteiger partial charge >= 0.3 is 0 Å². The Hall–Kier alpha value is -0.520. The SMILES string of the molecule is C=C1CCCC1C=C(C)C. The second-order valence-corrected chi connectivity index (χ2v) is 3.40. The molecule has 0 aromatic carbocycles. The van der Waals surface area contributed by atoms with Crippen molar-refractivity contribution in [2.75, 3.05) is 0 Å². The Labute approximate surface area is 63.6 Å². The number of rotatable bonds is 1. The molecule has 0 aromatic rings. The lowest BCUT2D eigenvalue weighted by Crippen LogP contribution is -1.90. The Morgan fingerprint density at radius 3 is 2.70 bits per heavy atom. The zero-order chi connectivity index (χ0) is 7.56. The van der Waals surface area contributed by atoms with Crippen LogP contribution < -0.4 is 0 Å². The van der Waals surface area contributed by atoms with Gasteiger partial charge in [0.1, 0.15) is 0 Å². The summed E-state index contributed by atoms with van der Waals surface area (Å²) in [6.45, 7) is 8.36. The second-order valence-electron chi connectivity index (χ2n) is 3.40. The van der Waals surface area contributed by atoms with E-state index in [1.807, 2.05) is 0 Å². The molecule has 56 valence electrons. The Balaban J connectivity index is 2.56. The maximum Gasteiger partial charge on any atom is -0.00234 e. The van der Waals surface area contributed by atoms with Crippen LogP contribution in [0, 0.1) is 5.92 Å². The van der Waals surface area contributed by atoms with Crippen molar-refractivity contribution in [2.45, 2.75) is 33.1 Å². The Morgan fingerprint density at radius 1 is 1.60 bits per heavy atom. The van der Waals surface area contributed by atoms with Crippen molar-refractivity contribution in [3.8, 4) is 0 Å². The highest BCUT2D eigenvalue weighted by Gasteiger charge is 2.15. The highest BCUT2D eigenvalue weighted by atomic mass is 14.2. The molecule has 0 spiro atoms. The third-order valence-electron chi connectivity index (χ3n) is 2.07. The topological polar surface area (TPSA) is 0 Å². The van der Waals surface area contributed by atoms with Crippen LogP contribution in [0.3, 0.4) is 0 Å². The Morgan fingerprint density at radius 2 is 2.30 bits per heavy atom. The summed E-state index contributed by atoms with van der Waals surface area (Å²) in [6, 6.07) is 0. The van der Waals surface area contributed by atoms with Crippen LogP contribution in [0.4, 0.5) is 0 Å². The number of hydrogen-bond acceptors (Lipinski definition) is 0. The smallest absolute Gasteiger partial charge is 0.00234 e. The van der Waals surface area contributed by atoms with Crippen LogP contribution >= 0.6 is 0 Å². The molecule has 1 aliphatic carbocycles. The van der Waals surface area contributed by atoms with Gasteiger partial charge < -0.3 is 0 Å². The van der Waals surface area contributed by atoms with E-state index in [2.05, 4.69) is 26.5 Å². The van der Waals surface area contributed by atoms with Gasteiger partial charge in [0.25, 0.3) is 0 Å². The molecule has 0 nitrogen and oxygen atoms in total. The van der Waals surface area contributed by atoms with Crippen LogP contribution in [0.2, 0.25) is 0 Å². The first-order valence-electron chi connectivity index (χ1n) is 4.03. The van der Waals surface area contributed by atoms with E-state index < -0.39 is 0 Å². The van der Waals surface area contributed by atoms with Crippen molar-refractivity contribution in [1.82, 2.24) is 0 Å². The average Bonchev–Trinajstić information content (AvgIpc) is 2.15. The van der Waals surface area contributed by atoms with Crippen LogP contribution in [0.1, 0.15) is 33.1 Å². The van der Waals surface area contributed by atoms with Gasteiger partial charge in [0, 0.05) is 0 Å². The van der Waals surface area contributed by atoms with E-state index in [0.717, 1.165) is 0 Å². The van der Waals surface area contributed by atoms with E-state index in [1.165, 1.54) is 30.4 Å². The molecule has 1 rings (SSSR count). The largest absolute Gasteiger partial charge is 0.0993 e. The monoisotopic (exact) mass is 136 g/mol. The van der Waals surface area contributed by atoms with Gasteiger partial charge in [-0.05, 0) is 39.0 Å². The zero-order valence-electron chi connectivity index (χ0n) is 6.98. The van der Waals surface area contributed by atoms with E-state index in [-0.39, 0.29) is 0 Å². The van der Waals surface area contributed by atoms with Gasteiger partial charge in [-0.1, -0.05) is 23.8 Å². The van der Waals surface area contributed by atoms with Gasteiger partial charge in [-0.15, -0.1) is 0 Å². The summed E-state index contributed by atoms with van der Waals surface area (Å²) in [4.78, 5) is 0. The fourth-order valence-electron chi connectivity index (χ4n) is 1.54. The maximum absolute atomic E-state index is 4.04. The highest BCUT2D eigenvalue weighted by molar-refractivity contribution is 5.15. The van der Waals surface area contributed by atoms with Crippen LogP contribution in [0.5, 0.6) is 0 Å². The molecule has 1 fully saturated rings. The quantitative estimate of drug-likeness (QED) is 0.485. The van der Waals surface area contributed by atoms with Gasteiger partial charge in [0.15, 0.2) is 0 Å². The van der Waals surface area contributed by atoms with Crippen LogP contribution in [0.15, 0.2) is 23.8 Å². The van der Waals surface area contributed by atoms with E-state index in [9.17, 15) is 0 Å².